The molecule has 1 fully saturated rings. The quantitative estimate of drug-likeness (QED) is 0.638. The number of halogens is 1. The van der Waals surface area contributed by atoms with E-state index in [9.17, 15) is 9.18 Å². The third kappa shape index (κ3) is 5.57. The molecule has 6 heteroatoms. The predicted molar refractivity (Wildman–Crippen MR) is 87.1 cm³/mol. The van der Waals surface area contributed by atoms with Crippen molar-refractivity contribution in [2.45, 2.75) is 26.3 Å². The third-order valence-corrected chi connectivity index (χ3v) is 3.76. The first-order valence-corrected chi connectivity index (χ1v) is 8.17. The van der Waals surface area contributed by atoms with Crippen molar-refractivity contribution in [1.29, 1.82) is 0 Å². The van der Waals surface area contributed by atoms with Crippen LogP contribution in [0.2, 0.25) is 0 Å². The summed E-state index contributed by atoms with van der Waals surface area (Å²) in [6, 6.07) is 6.10. The maximum absolute atomic E-state index is 13.0. The van der Waals surface area contributed by atoms with Crippen molar-refractivity contribution in [3.05, 3.63) is 35.6 Å². The first-order chi connectivity index (χ1) is 11.1. The molecule has 3 N–H and O–H groups in total. The van der Waals surface area contributed by atoms with Crippen molar-refractivity contribution in [3.63, 3.8) is 0 Å². The van der Waals surface area contributed by atoms with Gasteiger partial charge >= 0.3 is 0 Å². The van der Waals surface area contributed by atoms with Crippen LogP contribution in [0.3, 0.4) is 0 Å². The Morgan fingerprint density at radius 2 is 2.13 bits per heavy atom. The molecule has 0 spiro atoms. The van der Waals surface area contributed by atoms with Crippen LogP contribution in [0, 0.1) is 17.7 Å². The highest BCUT2D eigenvalue weighted by molar-refractivity contribution is 5.80. The Balaban J connectivity index is 1.76. The average molecular weight is 323 g/mol. The van der Waals surface area contributed by atoms with Gasteiger partial charge in [0.05, 0.1) is 12.0 Å². The standard InChI is InChI=1S/C17H26FN3O2/c1-12(2)11-23-9-3-8-19-17(22)15-10-20-21-16(15)13-4-6-14(18)7-5-13/h4-7,12,15-16,20-21H,3,8-11H2,1-2H3,(H,19,22). The zero-order chi connectivity index (χ0) is 16.7. The van der Waals surface area contributed by atoms with Crippen LogP contribution in [0.15, 0.2) is 24.3 Å². The van der Waals surface area contributed by atoms with Gasteiger partial charge in [0.1, 0.15) is 5.82 Å². The van der Waals surface area contributed by atoms with Crippen molar-refractivity contribution in [3.8, 4) is 0 Å². The molecule has 2 unspecified atom stereocenters. The number of carbonyl (C=O) groups excluding carboxylic acids is 1. The zero-order valence-electron chi connectivity index (χ0n) is 13.8. The molecule has 0 radical (unpaired) electrons. The van der Waals surface area contributed by atoms with Gasteiger partial charge in [-0.05, 0) is 30.0 Å². The minimum Gasteiger partial charge on any atom is -0.381 e. The van der Waals surface area contributed by atoms with Gasteiger partial charge in [-0.1, -0.05) is 26.0 Å². The van der Waals surface area contributed by atoms with Crippen molar-refractivity contribution in [2.24, 2.45) is 11.8 Å². The van der Waals surface area contributed by atoms with Gasteiger partial charge in [-0.2, -0.15) is 0 Å². The van der Waals surface area contributed by atoms with Crippen LogP contribution in [-0.4, -0.2) is 32.2 Å². The van der Waals surface area contributed by atoms with Gasteiger partial charge < -0.3 is 10.1 Å². The van der Waals surface area contributed by atoms with Crippen molar-refractivity contribution in [2.75, 3.05) is 26.3 Å². The molecule has 1 aromatic carbocycles. The Hall–Kier alpha value is -1.50. The highest BCUT2D eigenvalue weighted by Crippen LogP contribution is 2.25. The van der Waals surface area contributed by atoms with E-state index in [0.717, 1.165) is 18.6 Å². The molecule has 0 bridgehead atoms. The fraction of sp³-hybridized carbons (Fsp3) is 0.588. The first-order valence-electron chi connectivity index (χ1n) is 8.17. The number of amides is 1. The number of hydrazine groups is 1. The monoisotopic (exact) mass is 323 g/mol. The zero-order valence-corrected chi connectivity index (χ0v) is 13.8. The summed E-state index contributed by atoms with van der Waals surface area (Å²) in [5.41, 5.74) is 7.00. The maximum Gasteiger partial charge on any atom is 0.226 e. The van der Waals surface area contributed by atoms with E-state index >= 15 is 0 Å². The molecule has 1 aromatic rings. The summed E-state index contributed by atoms with van der Waals surface area (Å²) in [5.74, 6) is 0.0385. The SMILES string of the molecule is CC(C)COCCCNC(=O)C1CNNC1c1ccc(F)cc1. The Kier molecular flexibility index (Phi) is 6.95. The number of carbonyl (C=O) groups is 1. The maximum atomic E-state index is 13.0. The average Bonchev–Trinajstić information content (AvgIpc) is 3.00. The Morgan fingerprint density at radius 3 is 2.83 bits per heavy atom. The molecular formula is C17H26FN3O2. The largest absolute Gasteiger partial charge is 0.381 e. The van der Waals surface area contributed by atoms with Crippen LogP contribution < -0.4 is 16.2 Å². The summed E-state index contributed by atoms with van der Waals surface area (Å²) in [5, 5.41) is 2.95. The lowest BCUT2D eigenvalue weighted by Gasteiger charge is -2.18. The normalized spacial score (nSPS) is 20.9. The summed E-state index contributed by atoms with van der Waals surface area (Å²) in [7, 11) is 0. The van der Waals surface area contributed by atoms with Crippen LogP contribution in [0.5, 0.6) is 0 Å². The first kappa shape index (κ1) is 17.8. The lowest BCUT2D eigenvalue weighted by molar-refractivity contribution is -0.125. The van der Waals surface area contributed by atoms with E-state index in [0.29, 0.717) is 25.6 Å². The highest BCUT2D eigenvalue weighted by atomic mass is 19.1. The molecule has 1 amide bonds. The second kappa shape index (κ2) is 8.96. The molecule has 128 valence electrons. The van der Waals surface area contributed by atoms with Crippen molar-refractivity contribution < 1.29 is 13.9 Å². The van der Waals surface area contributed by atoms with E-state index < -0.39 is 0 Å². The number of nitrogens with one attached hydrogen (secondary N) is 3. The molecular weight excluding hydrogens is 297 g/mol. The Morgan fingerprint density at radius 1 is 1.39 bits per heavy atom. The summed E-state index contributed by atoms with van der Waals surface area (Å²) >= 11 is 0. The second-order valence-electron chi connectivity index (χ2n) is 6.27. The molecule has 1 aliphatic heterocycles. The van der Waals surface area contributed by atoms with Gasteiger partial charge in [0, 0.05) is 26.3 Å². The summed E-state index contributed by atoms with van der Waals surface area (Å²) in [6.45, 7) is 6.77. The number of hydrogen-bond acceptors (Lipinski definition) is 4. The molecule has 2 atom stereocenters. The summed E-state index contributed by atoms with van der Waals surface area (Å²) in [6.07, 6.45) is 0.799. The molecule has 0 aliphatic carbocycles. The van der Waals surface area contributed by atoms with Gasteiger partial charge in [-0.3, -0.25) is 10.2 Å². The summed E-state index contributed by atoms with van der Waals surface area (Å²) in [4.78, 5) is 12.3. The van der Waals surface area contributed by atoms with Crippen LogP contribution >= 0.6 is 0 Å². The van der Waals surface area contributed by atoms with Gasteiger partial charge in [0.2, 0.25) is 5.91 Å². The number of benzene rings is 1. The highest BCUT2D eigenvalue weighted by Gasteiger charge is 2.33. The molecule has 2 rings (SSSR count). The topological polar surface area (TPSA) is 62.4 Å². The van der Waals surface area contributed by atoms with Crippen LogP contribution in [0.25, 0.3) is 0 Å². The van der Waals surface area contributed by atoms with Gasteiger partial charge in [0.25, 0.3) is 0 Å². The van der Waals surface area contributed by atoms with Crippen LogP contribution in [-0.2, 0) is 9.53 Å². The number of ether oxygens (including phenoxy) is 1. The van der Waals surface area contributed by atoms with E-state index in [4.69, 9.17) is 4.74 Å². The van der Waals surface area contributed by atoms with Crippen molar-refractivity contribution in [1.82, 2.24) is 16.2 Å². The molecule has 1 saturated heterocycles. The Bertz CT molecular complexity index is 493. The summed E-state index contributed by atoms with van der Waals surface area (Å²) < 4.78 is 18.5. The van der Waals surface area contributed by atoms with Crippen molar-refractivity contribution >= 4 is 5.91 Å². The molecule has 1 heterocycles. The second-order valence-corrected chi connectivity index (χ2v) is 6.27. The van der Waals surface area contributed by atoms with E-state index in [2.05, 4.69) is 30.0 Å². The molecule has 0 aromatic heterocycles. The number of rotatable bonds is 8. The molecule has 5 nitrogen and oxygen atoms in total. The lowest BCUT2D eigenvalue weighted by atomic mass is 9.94. The molecule has 0 saturated carbocycles. The fourth-order valence-electron chi connectivity index (χ4n) is 2.56. The van der Waals surface area contributed by atoms with Crippen LogP contribution in [0.1, 0.15) is 31.9 Å². The lowest BCUT2D eigenvalue weighted by Crippen LogP contribution is -2.35. The minimum atomic E-state index is -0.276. The minimum absolute atomic E-state index is 0.000634. The third-order valence-electron chi connectivity index (χ3n) is 3.76. The van der Waals surface area contributed by atoms with E-state index in [1.54, 1.807) is 12.1 Å². The van der Waals surface area contributed by atoms with E-state index in [1.165, 1.54) is 12.1 Å². The van der Waals surface area contributed by atoms with E-state index in [-0.39, 0.29) is 23.7 Å². The van der Waals surface area contributed by atoms with Crippen LogP contribution in [0.4, 0.5) is 4.39 Å². The van der Waals surface area contributed by atoms with Gasteiger partial charge in [-0.25, -0.2) is 9.82 Å². The Labute approximate surface area is 137 Å². The molecule has 23 heavy (non-hydrogen) atoms. The molecule has 1 aliphatic rings. The smallest absolute Gasteiger partial charge is 0.226 e. The predicted octanol–water partition coefficient (Wildman–Crippen LogP) is 1.77. The van der Waals surface area contributed by atoms with Gasteiger partial charge in [0.15, 0.2) is 0 Å². The van der Waals surface area contributed by atoms with E-state index in [1.807, 2.05) is 0 Å². The fourth-order valence-corrected chi connectivity index (χ4v) is 2.56. The van der Waals surface area contributed by atoms with Gasteiger partial charge in [-0.15, -0.1) is 0 Å². The number of hydrogen-bond donors (Lipinski definition) is 3.